The first-order chi connectivity index (χ1) is 30.7. The number of nitrogens with zero attached hydrogens (tertiary/aromatic N) is 1. The minimum atomic E-state index is 0.896. The van der Waals surface area contributed by atoms with Gasteiger partial charge >= 0.3 is 0 Å². The average Bonchev–Trinajstić information content (AvgIpc) is 3.73. The Morgan fingerprint density at radius 1 is 0.274 bits per heavy atom. The quantitative estimate of drug-likeness (QED) is 0.150. The van der Waals surface area contributed by atoms with Gasteiger partial charge in [0.25, 0.3) is 0 Å². The molecule has 1 heterocycles. The number of hydrogen-bond acceptors (Lipinski definition) is 2. The molecule has 0 radical (unpaired) electrons. The third-order valence-electron chi connectivity index (χ3n) is 12.5. The topological polar surface area (TPSA) is 16.4 Å². The first-order valence-corrected chi connectivity index (χ1v) is 21.2. The van der Waals surface area contributed by atoms with Crippen molar-refractivity contribution < 1.29 is 4.42 Å². The van der Waals surface area contributed by atoms with Gasteiger partial charge in [0.05, 0.1) is 5.69 Å². The van der Waals surface area contributed by atoms with Crippen molar-refractivity contribution in [1.82, 2.24) is 0 Å². The van der Waals surface area contributed by atoms with Crippen LogP contribution in [-0.2, 0) is 0 Å². The fraction of sp³-hybridized carbons (Fsp3) is 0. The average molecular weight is 790 g/mol. The molecule has 0 amide bonds. The van der Waals surface area contributed by atoms with Crippen LogP contribution in [0.25, 0.3) is 98.8 Å². The van der Waals surface area contributed by atoms with Gasteiger partial charge in [-0.05, 0) is 114 Å². The van der Waals surface area contributed by atoms with Crippen LogP contribution >= 0.6 is 0 Å². The van der Waals surface area contributed by atoms with Crippen molar-refractivity contribution >= 4 is 71.3 Å². The van der Waals surface area contributed by atoms with Crippen LogP contribution in [0.2, 0.25) is 0 Å². The molecule has 12 rings (SSSR count). The largest absolute Gasteiger partial charge is 0.456 e. The predicted molar refractivity (Wildman–Crippen MR) is 263 cm³/mol. The highest BCUT2D eigenvalue weighted by molar-refractivity contribution is 6.13. The lowest BCUT2D eigenvalue weighted by Crippen LogP contribution is -2.11. The van der Waals surface area contributed by atoms with Gasteiger partial charge in [-0.1, -0.05) is 194 Å². The normalized spacial score (nSPS) is 11.5. The Hall–Kier alpha value is -8.20. The molecule has 2 nitrogen and oxygen atoms in total. The monoisotopic (exact) mass is 789 g/mol. The highest BCUT2D eigenvalue weighted by atomic mass is 16.3. The Morgan fingerprint density at radius 3 is 1.65 bits per heavy atom. The van der Waals surface area contributed by atoms with E-state index in [1.807, 2.05) is 12.1 Å². The minimum absolute atomic E-state index is 0.896. The maximum Gasteiger partial charge on any atom is 0.136 e. The van der Waals surface area contributed by atoms with Crippen molar-refractivity contribution in [3.63, 3.8) is 0 Å². The Balaban J connectivity index is 1.01. The summed E-state index contributed by atoms with van der Waals surface area (Å²) in [4.78, 5) is 2.41. The smallest absolute Gasteiger partial charge is 0.136 e. The van der Waals surface area contributed by atoms with E-state index >= 15 is 0 Å². The number of para-hydroxylation sites is 2. The van der Waals surface area contributed by atoms with E-state index in [2.05, 4.69) is 229 Å². The summed E-state index contributed by atoms with van der Waals surface area (Å²) in [5.74, 6) is 0. The molecule has 11 aromatic carbocycles. The highest BCUT2D eigenvalue weighted by Crippen LogP contribution is 2.45. The van der Waals surface area contributed by atoms with E-state index in [4.69, 9.17) is 4.42 Å². The molecule has 290 valence electrons. The molecule has 0 fully saturated rings. The van der Waals surface area contributed by atoms with Crippen LogP contribution in [0.15, 0.2) is 241 Å². The van der Waals surface area contributed by atoms with Crippen molar-refractivity contribution in [2.24, 2.45) is 0 Å². The second-order valence-corrected chi connectivity index (χ2v) is 16.0. The molecule has 0 spiro atoms. The number of hydrogen-bond donors (Lipinski definition) is 0. The molecule has 2 heteroatoms. The third kappa shape index (κ3) is 6.04. The van der Waals surface area contributed by atoms with Gasteiger partial charge < -0.3 is 9.32 Å². The molecule has 0 unspecified atom stereocenters. The zero-order valence-corrected chi connectivity index (χ0v) is 33.9. The first-order valence-electron chi connectivity index (χ1n) is 21.2. The molecule has 0 atom stereocenters. The fourth-order valence-corrected chi connectivity index (χ4v) is 9.56. The maximum atomic E-state index is 6.29. The van der Waals surface area contributed by atoms with Gasteiger partial charge in [-0.3, -0.25) is 0 Å². The molecule has 0 aliphatic carbocycles. The zero-order valence-electron chi connectivity index (χ0n) is 33.9. The fourth-order valence-electron chi connectivity index (χ4n) is 9.56. The number of fused-ring (bicyclic) bond motifs is 7. The Morgan fingerprint density at radius 2 is 0.806 bits per heavy atom. The van der Waals surface area contributed by atoms with E-state index in [9.17, 15) is 0 Å². The van der Waals surface area contributed by atoms with Gasteiger partial charge in [0.15, 0.2) is 0 Å². The molecule has 0 N–H and O–H groups in total. The molecule has 1 aromatic heterocycles. The Bertz CT molecular complexity index is 3630. The summed E-state index contributed by atoms with van der Waals surface area (Å²) in [5, 5.41) is 9.79. The van der Waals surface area contributed by atoms with E-state index < -0.39 is 0 Å². The molecule has 0 saturated heterocycles. The lowest BCUT2D eigenvalue weighted by Gasteiger charge is -2.28. The SMILES string of the molecule is c1cc(-c2cccc3c2ccc2ccccc23)cc(N(c2ccc(-c3cccc4oc5ccccc5c34)cc2)c2ccccc2-c2ccc(-c3cccc4ccccc34)cc2)c1. The second kappa shape index (κ2) is 14.8. The summed E-state index contributed by atoms with van der Waals surface area (Å²) in [6.45, 7) is 0. The molecule has 0 bridgehead atoms. The number of anilines is 3. The van der Waals surface area contributed by atoms with Crippen molar-refractivity contribution in [2.45, 2.75) is 0 Å². The second-order valence-electron chi connectivity index (χ2n) is 16.0. The van der Waals surface area contributed by atoms with Crippen LogP contribution in [0, 0.1) is 0 Å². The van der Waals surface area contributed by atoms with Gasteiger partial charge in [0.2, 0.25) is 0 Å². The molecule has 62 heavy (non-hydrogen) atoms. The van der Waals surface area contributed by atoms with Gasteiger partial charge in [0.1, 0.15) is 11.2 Å². The van der Waals surface area contributed by atoms with E-state index in [0.717, 1.165) is 61.3 Å². The summed E-state index contributed by atoms with van der Waals surface area (Å²) >= 11 is 0. The molecule has 0 saturated carbocycles. The van der Waals surface area contributed by atoms with E-state index in [1.54, 1.807) is 0 Å². The van der Waals surface area contributed by atoms with Crippen molar-refractivity contribution in [2.75, 3.05) is 4.90 Å². The minimum Gasteiger partial charge on any atom is -0.456 e. The van der Waals surface area contributed by atoms with E-state index in [-0.39, 0.29) is 0 Å². The molecule has 0 aliphatic heterocycles. The van der Waals surface area contributed by atoms with Crippen LogP contribution in [0.3, 0.4) is 0 Å². The zero-order chi connectivity index (χ0) is 41.0. The van der Waals surface area contributed by atoms with Crippen LogP contribution in [-0.4, -0.2) is 0 Å². The lowest BCUT2D eigenvalue weighted by atomic mass is 9.94. The summed E-state index contributed by atoms with van der Waals surface area (Å²) in [5.41, 5.74) is 14.5. The molecule has 12 aromatic rings. The first kappa shape index (κ1) is 35.7. The molecule has 0 aliphatic rings. The number of furan rings is 1. The van der Waals surface area contributed by atoms with Gasteiger partial charge in [0, 0.05) is 27.7 Å². The third-order valence-corrected chi connectivity index (χ3v) is 12.5. The van der Waals surface area contributed by atoms with Crippen molar-refractivity contribution in [3.05, 3.63) is 237 Å². The molecular formula is C60H39NO. The highest BCUT2D eigenvalue weighted by Gasteiger charge is 2.20. The summed E-state index contributed by atoms with van der Waals surface area (Å²) in [7, 11) is 0. The van der Waals surface area contributed by atoms with Crippen LogP contribution in [0.5, 0.6) is 0 Å². The molecular weight excluding hydrogens is 751 g/mol. The number of rotatable bonds is 7. The van der Waals surface area contributed by atoms with Gasteiger partial charge in [-0.25, -0.2) is 0 Å². The van der Waals surface area contributed by atoms with Crippen LogP contribution in [0.4, 0.5) is 17.1 Å². The number of benzene rings is 11. The Labute approximate surface area is 360 Å². The van der Waals surface area contributed by atoms with Gasteiger partial charge in [-0.2, -0.15) is 0 Å². The van der Waals surface area contributed by atoms with Crippen LogP contribution < -0.4 is 4.90 Å². The van der Waals surface area contributed by atoms with Crippen molar-refractivity contribution in [3.8, 4) is 44.5 Å². The van der Waals surface area contributed by atoms with Gasteiger partial charge in [-0.15, -0.1) is 0 Å². The predicted octanol–water partition coefficient (Wildman–Crippen LogP) is 17.2. The standard InChI is InChI=1S/C60H39NO/c1-3-18-48-40(13-1)15-10-22-49(48)42-29-31-43(32-30-42)52-20-5-7-26-57(52)61(46-36-33-44(34-37-46)53-24-12-28-59-60(53)56-21-6-8-27-58(56)62-59)47-17-9-16-45(39-47)51-23-11-25-54-50-19-4-2-14-41(50)35-38-55(51)54/h1-39H. The Kier molecular flexibility index (Phi) is 8.53. The lowest BCUT2D eigenvalue weighted by molar-refractivity contribution is 0.669. The van der Waals surface area contributed by atoms with Crippen molar-refractivity contribution in [1.29, 1.82) is 0 Å². The summed E-state index contributed by atoms with van der Waals surface area (Å²) in [6.07, 6.45) is 0. The van der Waals surface area contributed by atoms with Crippen LogP contribution in [0.1, 0.15) is 0 Å². The maximum absolute atomic E-state index is 6.29. The summed E-state index contributed by atoms with van der Waals surface area (Å²) in [6, 6.07) is 85.6. The van der Waals surface area contributed by atoms with E-state index in [1.165, 1.54) is 54.6 Å². The summed E-state index contributed by atoms with van der Waals surface area (Å²) < 4.78 is 6.29. The van der Waals surface area contributed by atoms with E-state index in [0.29, 0.717) is 0 Å².